The van der Waals surface area contributed by atoms with E-state index in [1.807, 2.05) is 0 Å². The summed E-state index contributed by atoms with van der Waals surface area (Å²) in [5, 5.41) is 2.47. The van der Waals surface area contributed by atoms with Crippen molar-refractivity contribution in [2.45, 2.75) is 6.36 Å². The molecule has 0 radical (unpaired) electrons. The molecule has 0 heterocycles. The second kappa shape index (κ2) is 6.42. The van der Waals surface area contributed by atoms with E-state index in [-0.39, 0.29) is 17.3 Å². The molecule has 0 saturated heterocycles. The van der Waals surface area contributed by atoms with Gasteiger partial charge in [0.2, 0.25) is 0 Å². The number of urea groups is 1. The number of thiocarbonyl (C=S) groups is 1. The van der Waals surface area contributed by atoms with Crippen molar-refractivity contribution in [1.29, 1.82) is 0 Å². The highest BCUT2D eigenvalue weighted by atomic mass is 32.1. The third-order valence-electron chi connectivity index (χ3n) is 2.08. The topological polar surface area (TPSA) is 67.6 Å². The van der Waals surface area contributed by atoms with Gasteiger partial charge in [-0.2, -0.15) is 0 Å². The monoisotopic (exact) mass is 307 g/mol. The van der Waals surface area contributed by atoms with Crippen molar-refractivity contribution in [1.82, 2.24) is 4.90 Å². The van der Waals surface area contributed by atoms with Crippen LogP contribution in [0.2, 0.25) is 0 Å². The number of ether oxygens (including phenoxy) is 1. The summed E-state index contributed by atoms with van der Waals surface area (Å²) in [6.07, 6.45) is -4.75. The zero-order valence-corrected chi connectivity index (χ0v) is 11.2. The Hall–Kier alpha value is -2.03. The molecule has 0 bridgehead atoms. The summed E-state index contributed by atoms with van der Waals surface area (Å²) >= 11 is 4.66. The fourth-order valence-corrected chi connectivity index (χ4v) is 1.46. The van der Waals surface area contributed by atoms with Crippen LogP contribution in [-0.4, -0.2) is 35.9 Å². The number of nitrogens with two attached hydrogens (primary N) is 1. The highest BCUT2D eigenvalue weighted by molar-refractivity contribution is 7.80. The van der Waals surface area contributed by atoms with E-state index in [2.05, 4.69) is 22.3 Å². The molecule has 1 aromatic carbocycles. The molecule has 0 aromatic heterocycles. The summed E-state index contributed by atoms with van der Waals surface area (Å²) in [6.45, 7) is 0.0937. The van der Waals surface area contributed by atoms with Gasteiger partial charge in [-0.05, 0) is 24.3 Å². The first-order valence-corrected chi connectivity index (χ1v) is 5.74. The number of benzene rings is 1. The minimum Gasteiger partial charge on any atom is -0.406 e. The van der Waals surface area contributed by atoms with E-state index < -0.39 is 12.4 Å². The second-order valence-electron chi connectivity index (χ2n) is 3.82. The summed E-state index contributed by atoms with van der Waals surface area (Å²) in [5.74, 6) is -0.369. The van der Waals surface area contributed by atoms with E-state index in [1.54, 1.807) is 0 Å². The molecule has 1 rings (SSSR count). The Morgan fingerprint density at radius 3 is 2.40 bits per heavy atom. The normalized spacial score (nSPS) is 10.8. The molecule has 1 aromatic rings. The van der Waals surface area contributed by atoms with Gasteiger partial charge in [-0.3, -0.25) is 0 Å². The highest BCUT2D eigenvalue weighted by Crippen LogP contribution is 2.23. The van der Waals surface area contributed by atoms with Crippen molar-refractivity contribution >= 4 is 28.9 Å². The van der Waals surface area contributed by atoms with Crippen LogP contribution in [0.4, 0.5) is 23.7 Å². The number of likely N-dealkylation sites (N-methyl/N-ethyl adjacent to an activating group) is 1. The Kier molecular flexibility index (Phi) is 5.14. The van der Waals surface area contributed by atoms with E-state index >= 15 is 0 Å². The van der Waals surface area contributed by atoms with E-state index in [4.69, 9.17) is 5.73 Å². The Bertz CT molecular complexity index is 491. The predicted octanol–water partition coefficient (Wildman–Crippen LogP) is 2.34. The molecule has 20 heavy (non-hydrogen) atoms. The smallest absolute Gasteiger partial charge is 0.406 e. The van der Waals surface area contributed by atoms with Crippen molar-refractivity contribution in [3.63, 3.8) is 0 Å². The minimum absolute atomic E-state index is 0.0937. The van der Waals surface area contributed by atoms with Crippen LogP contribution in [0.3, 0.4) is 0 Å². The van der Waals surface area contributed by atoms with Gasteiger partial charge >= 0.3 is 12.4 Å². The summed E-state index contributed by atoms with van der Waals surface area (Å²) in [6, 6.07) is 4.27. The molecule has 110 valence electrons. The van der Waals surface area contributed by atoms with Gasteiger partial charge in [0.05, 0.1) is 11.5 Å². The quantitative estimate of drug-likeness (QED) is 0.838. The van der Waals surface area contributed by atoms with Gasteiger partial charge in [-0.1, -0.05) is 12.2 Å². The maximum absolute atomic E-state index is 12.0. The largest absolute Gasteiger partial charge is 0.573 e. The van der Waals surface area contributed by atoms with Crippen molar-refractivity contribution < 1.29 is 22.7 Å². The Morgan fingerprint density at radius 2 is 1.95 bits per heavy atom. The van der Waals surface area contributed by atoms with Crippen molar-refractivity contribution in [2.24, 2.45) is 5.73 Å². The maximum Gasteiger partial charge on any atom is 0.573 e. The number of alkyl halides is 3. The van der Waals surface area contributed by atoms with Crippen molar-refractivity contribution in [2.75, 3.05) is 18.9 Å². The average molecular weight is 307 g/mol. The fraction of sp³-hybridized carbons (Fsp3) is 0.273. The summed E-state index contributed by atoms with van der Waals surface area (Å²) in [4.78, 5) is 13.0. The number of nitrogens with zero attached hydrogens (tertiary/aromatic N) is 1. The lowest BCUT2D eigenvalue weighted by molar-refractivity contribution is -0.274. The summed E-state index contributed by atoms with van der Waals surface area (Å²) in [7, 11) is 1.48. The lowest BCUT2D eigenvalue weighted by atomic mass is 10.3. The van der Waals surface area contributed by atoms with Gasteiger partial charge in [-0.25, -0.2) is 4.79 Å². The van der Waals surface area contributed by atoms with E-state index in [0.29, 0.717) is 5.69 Å². The number of hydrogen-bond donors (Lipinski definition) is 2. The third kappa shape index (κ3) is 5.74. The van der Waals surface area contributed by atoms with E-state index in [0.717, 1.165) is 12.1 Å². The molecule has 0 aliphatic carbocycles. The molecule has 0 fully saturated rings. The molecule has 9 heteroatoms. The Labute approximate surface area is 118 Å². The van der Waals surface area contributed by atoms with E-state index in [1.165, 1.54) is 24.1 Å². The first-order valence-electron chi connectivity index (χ1n) is 5.33. The molecule has 0 aliphatic rings. The van der Waals surface area contributed by atoms with Crippen LogP contribution < -0.4 is 15.8 Å². The van der Waals surface area contributed by atoms with Crippen LogP contribution in [0.25, 0.3) is 0 Å². The molecule has 0 saturated carbocycles. The standard InChI is InChI=1S/C11H12F3N3O2S/c1-17(6-9(15)20)10(18)16-7-2-4-8(5-3-7)19-11(12,13)14/h2-5H,6H2,1H3,(H2,15,20)(H,16,18). The number of rotatable bonds is 4. The molecular weight excluding hydrogens is 295 g/mol. The van der Waals surface area contributed by atoms with Crippen LogP contribution in [0, 0.1) is 0 Å². The number of carbonyl (C=O) groups excluding carboxylic acids is 1. The average Bonchev–Trinajstić information content (AvgIpc) is 2.28. The van der Waals surface area contributed by atoms with Crippen LogP contribution in [0.5, 0.6) is 5.75 Å². The third-order valence-corrected chi connectivity index (χ3v) is 2.21. The summed E-state index contributed by atoms with van der Waals surface area (Å²) in [5.41, 5.74) is 5.61. The molecule has 5 nitrogen and oxygen atoms in total. The zero-order valence-electron chi connectivity index (χ0n) is 10.4. The highest BCUT2D eigenvalue weighted by Gasteiger charge is 2.30. The molecule has 0 atom stereocenters. The van der Waals surface area contributed by atoms with Crippen molar-refractivity contribution in [3.05, 3.63) is 24.3 Å². The van der Waals surface area contributed by atoms with Crippen LogP contribution in [0.1, 0.15) is 0 Å². The second-order valence-corrected chi connectivity index (χ2v) is 4.35. The Morgan fingerprint density at radius 1 is 1.40 bits per heavy atom. The number of halogens is 3. The fourth-order valence-electron chi connectivity index (χ4n) is 1.26. The van der Waals surface area contributed by atoms with Gasteiger partial charge in [0.1, 0.15) is 5.75 Å². The lowest BCUT2D eigenvalue weighted by Gasteiger charge is -2.17. The van der Waals surface area contributed by atoms with Crippen LogP contribution in [-0.2, 0) is 0 Å². The maximum atomic E-state index is 12.0. The van der Waals surface area contributed by atoms with Crippen molar-refractivity contribution in [3.8, 4) is 5.75 Å². The molecule has 0 spiro atoms. The molecular formula is C11H12F3N3O2S. The number of anilines is 1. The van der Waals surface area contributed by atoms with Gasteiger partial charge in [-0.15, -0.1) is 13.2 Å². The molecule has 0 unspecified atom stereocenters. The SMILES string of the molecule is CN(CC(N)=S)C(=O)Nc1ccc(OC(F)(F)F)cc1. The predicted molar refractivity (Wildman–Crippen MR) is 71.6 cm³/mol. The molecule has 0 aliphatic heterocycles. The van der Waals surface area contributed by atoms with Gasteiger partial charge in [0.25, 0.3) is 0 Å². The van der Waals surface area contributed by atoms with Crippen LogP contribution >= 0.6 is 12.2 Å². The number of nitrogens with one attached hydrogen (secondary N) is 1. The number of carbonyl (C=O) groups is 1. The first kappa shape index (κ1) is 16.0. The number of hydrogen-bond acceptors (Lipinski definition) is 3. The van der Waals surface area contributed by atoms with Gasteiger partial charge in [0.15, 0.2) is 0 Å². The van der Waals surface area contributed by atoms with E-state index in [9.17, 15) is 18.0 Å². The minimum atomic E-state index is -4.75. The van der Waals surface area contributed by atoms with Crippen LogP contribution in [0.15, 0.2) is 24.3 Å². The summed E-state index contributed by atoms with van der Waals surface area (Å²) < 4.78 is 39.6. The number of amides is 2. The lowest BCUT2D eigenvalue weighted by Crippen LogP contribution is -2.37. The first-order chi connectivity index (χ1) is 9.17. The Balaban J connectivity index is 2.61. The zero-order chi connectivity index (χ0) is 15.3. The van der Waals surface area contributed by atoms with Gasteiger partial charge < -0.3 is 20.7 Å². The molecule has 2 amide bonds. The van der Waals surface area contributed by atoms with Gasteiger partial charge in [0, 0.05) is 12.7 Å². The molecule has 3 N–H and O–H groups in total.